The van der Waals surface area contributed by atoms with Crippen LogP contribution >= 0.6 is 0 Å². The standard InChI is InChI=1S/C8H14N4O/c1-12-6-7(5-11-12)2-3-10-8(13)4-9/h5-6H,2-4,9H2,1H3,(H,10,13). The third kappa shape index (κ3) is 3.25. The Morgan fingerprint density at radius 2 is 2.54 bits per heavy atom. The summed E-state index contributed by atoms with van der Waals surface area (Å²) < 4.78 is 1.74. The van der Waals surface area contributed by atoms with Crippen LogP contribution in [0.5, 0.6) is 0 Å². The van der Waals surface area contributed by atoms with Gasteiger partial charge in [-0.2, -0.15) is 5.10 Å². The number of nitrogens with two attached hydrogens (primary N) is 1. The van der Waals surface area contributed by atoms with E-state index in [-0.39, 0.29) is 12.5 Å². The second kappa shape index (κ2) is 4.61. The van der Waals surface area contributed by atoms with Crippen molar-refractivity contribution >= 4 is 5.91 Å². The van der Waals surface area contributed by atoms with Crippen LogP contribution in [0.3, 0.4) is 0 Å². The van der Waals surface area contributed by atoms with Crippen molar-refractivity contribution in [3.8, 4) is 0 Å². The molecule has 0 atom stereocenters. The Hall–Kier alpha value is -1.36. The normalized spacial score (nSPS) is 10.0. The molecule has 0 saturated heterocycles. The zero-order valence-electron chi connectivity index (χ0n) is 7.66. The van der Waals surface area contributed by atoms with E-state index in [1.807, 2.05) is 13.2 Å². The average molecular weight is 182 g/mol. The van der Waals surface area contributed by atoms with Crippen LogP contribution in [0, 0.1) is 0 Å². The van der Waals surface area contributed by atoms with Crippen LogP contribution < -0.4 is 11.1 Å². The second-order valence-corrected chi connectivity index (χ2v) is 2.83. The first-order valence-electron chi connectivity index (χ1n) is 4.16. The fourth-order valence-corrected chi connectivity index (χ4v) is 1.02. The number of hydrogen-bond donors (Lipinski definition) is 2. The van der Waals surface area contributed by atoms with E-state index < -0.39 is 0 Å². The quantitative estimate of drug-likeness (QED) is 0.629. The number of amides is 1. The molecule has 5 nitrogen and oxygen atoms in total. The Balaban J connectivity index is 2.24. The summed E-state index contributed by atoms with van der Waals surface area (Å²) in [6.07, 6.45) is 4.50. The molecule has 1 aromatic heterocycles. The molecule has 1 amide bonds. The van der Waals surface area contributed by atoms with Crippen molar-refractivity contribution in [2.45, 2.75) is 6.42 Å². The minimum absolute atomic E-state index is 0.0487. The van der Waals surface area contributed by atoms with Crippen molar-refractivity contribution in [2.75, 3.05) is 13.1 Å². The van der Waals surface area contributed by atoms with Gasteiger partial charge in [0.25, 0.3) is 0 Å². The Kier molecular flexibility index (Phi) is 3.45. The minimum atomic E-state index is -0.121. The van der Waals surface area contributed by atoms with Crippen molar-refractivity contribution in [2.24, 2.45) is 12.8 Å². The first-order valence-corrected chi connectivity index (χ1v) is 4.16. The number of aryl methyl sites for hydroxylation is 1. The molecule has 0 bridgehead atoms. The van der Waals surface area contributed by atoms with E-state index in [4.69, 9.17) is 5.73 Å². The Morgan fingerprint density at radius 1 is 1.77 bits per heavy atom. The van der Waals surface area contributed by atoms with Gasteiger partial charge in [-0.1, -0.05) is 0 Å². The van der Waals surface area contributed by atoms with Crippen LogP contribution in [-0.4, -0.2) is 28.8 Å². The van der Waals surface area contributed by atoms with Gasteiger partial charge in [-0.15, -0.1) is 0 Å². The summed E-state index contributed by atoms with van der Waals surface area (Å²) in [5.41, 5.74) is 6.24. The van der Waals surface area contributed by atoms with Crippen molar-refractivity contribution < 1.29 is 4.79 Å². The lowest BCUT2D eigenvalue weighted by Crippen LogP contribution is -2.31. The van der Waals surface area contributed by atoms with E-state index >= 15 is 0 Å². The van der Waals surface area contributed by atoms with Crippen LogP contribution in [0.25, 0.3) is 0 Å². The van der Waals surface area contributed by atoms with Gasteiger partial charge in [-0.25, -0.2) is 0 Å². The average Bonchev–Trinajstić information content (AvgIpc) is 2.51. The molecule has 0 aliphatic rings. The maximum absolute atomic E-state index is 10.8. The molecule has 1 rings (SSSR count). The van der Waals surface area contributed by atoms with E-state index in [1.54, 1.807) is 10.9 Å². The highest BCUT2D eigenvalue weighted by molar-refractivity contribution is 5.77. The van der Waals surface area contributed by atoms with Crippen molar-refractivity contribution in [1.82, 2.24) is 15.1 Å². The third-order valence-corrected chi connectivity index (χ3v) is 1.68. The van der Waals surface area contributed by atoms with Gasteiger partial charge >= 0.3 is 0 Å². The maximum Gasteiger partial charge on any atom is 0.233 e. The smallest absolute Gasteiger partial charge is 0.233 e. The summed E-state index contributed by atoms with van der Waals surface area (Å²) >= 11 is 0. The monoisotopic (exact) mass is 182 g/mol. The number of hydrogen-bond acceptors (Lipinski definition) is 3. The first-order chi connectivity index (χ1) is 6.22. The number of carbonyl (C=O) groups is 1. The van der Waals surface area contributed by atoms with Gasteiger partial charge in [0.1, 0.15) is 0 Å². The molecule has 0 aliphatic carbocycles. The molecule has 72 valence electrons. The molecule has 13 heavy (non-hydrogen) atoms. The van der Waals surface area contributed by atoms with E-state index in [0.29, 0.717) is 6.54 Å². The highest BCUT2D eigenvalue weighted by Crippen LogP contribution is 1.95. The lowest BCUT2D eigenvalue weighted by atomic mass is 10.2. The molecule has 0 aromatic carbocycles. The van der Waals surface area contributed by atoms with Crippen molar-refractivity contribution in [3.05, 3.63) is 18.0 Å². The van der Waals surface area contributed by atoms with Crippen LogP contribution in [0.15, 0.2) is 12.4 Å². The van der Waals surface area contributed by atoms with Crippen LogP contribution in [-0.2, 0) is 18.3 Å². The zero-order valence-corrected chi connectivity index (χ0v) is 7.66. The molecule has 0 aliphatic heterocycles. The molecule has 0 saturated carbocycles. The summed E-state index contributed by atoms with van der Waals surface area (Å²) in [4.78, 5) is 10.8. The van der Waals surface area contributed by atoms with Gasteiger partial charge < -0.3 is 11.1 Å². The summed E-state index contributed by atoms with van der Waals surface area (Å²) in [6, 6.07) is 0. The summed E-state index contributed by atoms with van der Waals surface area (Å²) in [7, 11) is 1.86. The number of nitrogens with zero attached hydrogens (tertiary/aromatic N) is 2. The molecular formula is C8H14N4O. The summed E-state index contributed by atoms with van der Waals surface area (Å²) in [5, 5.41) is 6.70. The number of nitrogens with one attached hydrogen (secondary N) is 1. The van der Waals surface area contributed by atoms with E-state index in [1.165, 1.54) is 0 Å². The first kappa shape index (κ1) is 9.73. The second-order valence-electron chi connectivity index (χ2n) is 2.83. The lowest BCUT2D eigenvalue weighted by Gasteiger charge is -2.00. The molecule has 0 unspecified atom stereocenters. The predicted molar refractivity (Wildman–Crippen MR) is 49.0 cm³/mol. The van der Waals surface area contributed by atoms with E-state index in [2.05, 4.69) is 10.4 Å². The molecule has 0 spiro atoms. The molecular weight excluding hydrogens is 168 g/mol. The Morgan fingerprint density at radius 3 is 3.08 bits per heavy atom. The highest BCUT2D eigenvalue weighted by Gasteiger charge is 1.98. The minimum Gasteiger partial charge on any atom is -0.355 e. The molecule has 5 heteroatoms. The van der Waals surface area contributed by atoms with Crippen molar-refractivity contribution in [3.63, 3.8) is 0 Å². The van der Waals surface area contributed by atoms with Gasteiger partial charge in [0.05, 0.1) is 12.7 Å². The fourth-order valence-electron chi connectivity index (χ4n) is 1.02. The number of rotatable bonds is 4. The highest BCUT2D eigenvalue weighted by atomic mass is 16.1. The predicted octanol–water partition coefficient (Wildman–Crippen LogP) is -0.962. The van der Waals surface area contributed by atoms with Crippen LogP contribution in [0.1, 0.15) is 5.56 Å². The molecule has 1 aromatic rings. The number of aromatic nitrogens is 2. The van der Waals surface area contributed by atoms with Gasteiger partial charge in [-0.3, -0.25) is 9.48 Å². The zero-order chi connectivity index (χ0) is 9.68. The van der Waals surface area contributed by atoms with Crippen molar-refractivity contribution in [1.29, 1.82) is 0 Å². The van der Waals surface area contributed by atoms with Crippen LogP contribution in [0.2, 0.25) is 0 Å². The third-order valence-electron chi connectivity index (χ3n) is 1.68. The Labute approximate surface area is 76.9 Å². The SMILES string of the molecule is Cn1cc(CCNC(=O)CN)cn1. The summed E-state index contributed by atoms with van der Waals surface area (Å²) in [5.74, 6) is -0.121. The largest absolute Gasteiger partial charge is 0.355 e. The molecule has 0 radical (unpaired) electrons. The fraction of sp³-hybridized carbons (Fsp3) is 0.500. The van der Waals surface area contributed by atoms with Gasteiger partial charge in [0.2, 0.25) is 5.91 Å². The van der Waals surface area contributed by atoms with Gasteiger partial charge in [0, 0.05) is 19.8 Å². The van der Waals surface area contributed by atoms with Gasteiger partial charge in [0.15, 0.2) is 0 Å². The maximum atomic E-state index is 10.8. The lowest BCUT2D eigenvalue weighted by molar-refractivity contribution is -0.119. The van der Waals surface area contributed by atoms with E-state index in [0.717, 1.165) is 12.0 Å². The van der Waals surface area contributed by atoms with Gasteiger partial charge in [-0.05, 0) is 12.0 Å². The molecule has 0 fully saturated rings. The molecule has 3 N–H and O–H groups in total. The Bertz CT molecular complexity index is 281. The number of carbonyl (C=O) groups excluding carboxylic acids is 1. The van der Waals surface area contributed by atoms with Crippen LogP contribution in [0.4, 0.5) is 0 Å². The summed E-state index contributed by atoms with van der Waals surface area (Å²) in [6.45, 7) is 0.661. The van der Waals surface area contributed by atoms with E-state index in [9.17, 15) is 4.79 Å². The molecule has 1 heterocycles. The topological polar surface area (TPSA) is 72.9 Å².